The minimum absolute atomic E-state index is 0.0425. The maximum Gasteiger partial charge on any atom is 0.172 e. The molecule has 2 rings (SSSR count). The number of Topliss-reactive ketones (excluding diaryl/α,β-unsaturated/α-hetero) is 1. The van der Waals surface area contributed by atoms with Gasteiger partial charge in [-0.2, -0.15) is 0 Å². The zero-order valence-electron chi connectivity index (χ0n) is 10.3. The monoisotopic (exact) mass is 264 g/mol. The van der Waals surface area contributed by atoms with Gasteiger partial charge in [-0.1, -0.05) is 6.08 Å². The highest BCUT2D eigenvalue weighted by Gasteiger charge is 2.26. The second-order valence-electron chi connectivity index (χ2n) is 4.56. The van der Waals surface area contributed by atoms with Gasteiger partial charge in [0, 0.05) is 12.3 Å². The Hall–Kier alpha value is -2.01. The molecule has 0 aromatic rings. The second-order valence-corrected chi connectivity index (χ2v) is 4.56. The van der Waals surface area contributed by atoms with Crippen molar-refractivity contribution >= 4 is 5.78 Å². The first kappa shape index (κ1) is 13.4. The Balaban J connectivity index is 1.98. The first-order valence-corrected chi connectivity index (χ1v) is 6.08. The average molecular weight is 264 g/mol. The van der Waals surface area contributed by atoms with Crippen LogP contribution in [0.2, 0.25) is 0 Å². The van der Waals surface area contributed by atoms with Crippen LogP contribution in [0.5, 0.6) is 0 Å². The predicted octanol–water partition coefficient (Wildman–Crippen LogP) is 1.68. The van der Waals surface area contributed by atoms with Gasteiger partial charge in [0.05, 0.1) is 24.5 Å². The number of carbonyl (C=O) groups is 1. The Labute approximate surface area is 110 Å². The molecule has 0 bridgehead atoms. The lowest BCUT2D eigenvalue weighted by atomic mass is 9.97. The fourth-order valence-electron chi connectivity index (χ4n) is 2.00. The highest BCUT2D eigenvalue weighted by molar-refractivity contribution is 6.00. The molecule has 5 heteroatoms. The largest absolute Gasteiger partial charge is 0.515 e. The quantitative estimate of drug-likeness (QED) is 0.533. The molecule has 0 heterocycles. The van der Waals surface area contributed by atoms with Gasteiger partial charge in [0.15, 0.2) is 5.78 Å². The molecular formula is C14H16O5. The van der Waals surface area contributed by atoms with Gasteiger partial charge in [0.2, 0.25) is 0 Å². The number of hydrogen-bond donors (Lipinski definition) is 3. The Bertz CT molecular complexity index is 484. The molecule has 2 atom stereocenters. The van der Waals surface area contributed by atoms with Crippen LogP contribution in [0, 0.1) is 5.92 Å². The number of ketones is 1. The zero-order valence-corrected chi connectivity index (χ0v) is 10.3. The van der Waals surface area contributed by atoms with Crippen LogP contribution in [-0.4, -0.2) is 33.8 Å². The summed E-state index contributed by atoms with van der Waals surface area (Å²) >= 11 is 0. The second kappa shape index (κ2) is 5.75. The van der Waals surface area contributed by atoms with Crippen LogP contribution >= 0.6 is 0 Å². The minimum Gasteiger partial charge on any atom is -0.515 e. The van der Waals surface area contributed by atoms with Crippen LogP contribution < -0.4 is 0 Å². The van der Waals surface area contributed by atoms with E-state index in [9.17, 15) is 15.0 Å². The number of aliphatic hydroxyl groups excluding tert-OH is 3. The first-order chi connectivity index (χ1) is 9.10. The van der Waals surface area contributed by atoms with Crippen LogP contribution in [0.1, 0.15) is 12.8 Å². The minimum atomic E-state index is -0.878. The van der Waals surface area contributed by atoms with Gasteiger partial charge >= 0.3 is 0 Å². The van der Waals surface area contributed by atoms with E-state index < -0.39 is 6.10 Å². The van der Waals surface area contributed by atoms with Crippen molar-refractivity contribution in [2.45, 2.75) is 18.9 Å². The summed E-state index contributed by atoms with van der Waals surface area (Å²) in [6.45, 7) is 0.309. The van der Waals surface area contributed by atoms with Gasteiger partial charge in [0.1, 0.15) is 11.5 Å². The summed E-state index contributed by atoms with van der Waals surface area (Å²) in [4.78, 5) is 11.6. The van der Waals surface area contributed by atoms with Crippen LogP contribution in [0.25, 0.3) is 0 Å². The van der Waals surface area contributed by atoms with Crippen LogP contribution in [0.15, 0.2) is 47.7 Å². The van der Waals surface area contributed by atoms with Gasteiger partial charge in [-0.15, -0.1) is 0 Å². The van der Waals surface area contributed by atoms with Crippen LogP contribution in [0.4, 0.5) is 0 Å². The molecule has 0 spiro atoms. The number of rotatable bonds is 3. The van der Waals surface area contributed by atoms with Crippen LogP contribution in [0.3, 0.4) is 0 Å². The van der Waals surface area contributed by atoms with Crippen LogP contribution in [-0.2, 0) is 9.53 Å². The van der Waals surface area contributed by atoms with E-state index in [0.717, 1.165) is 0 Å². The van der Waals surface area contributed by atoms with Gasteiger partial charge in [-0.05, 0) is 24.6 Å². The molecule has 0 aliphatic heterocycles. The van der Waals surface area contributed by atoms with Crippen molar-refractivity contribution < 1.29 is 24.9 Å². The standard InChI is InChI=1S/C14H16O5/c15-7-12-13(18)5-11(17)6-14(12)19-8-9-1-3-10(16)4-2-9/h1,3-4,6-7,9,11,15-17H,2,5,8H2. The van der Waals surface area contributed by atoms with Gasteiger partial charge in [0.25, 0.3) is 0 Å². The highest BCUT2D eigenvalue weighted by Crippen LogP contribution is 2.24. The summed E-state index contributed by atoms with van der Waals surface area (Å²) in [6, 6.07) is 0. The molecule has 5 nitrogen and oxygen atoms in total. The summed E-state index contributed by atoms with van der Waals surface area (Å²) in [7, 11) is 0. The van der Waals surface area contributed by atoms with E-state index >= 15 is 0 Å². The fraction of sp³-hybridized carbons (Fsp3) is 0.357. The first-order valence-electron chi connectivity index (χ1n) is 6.08. The molecule has 0 fully saturated rings. The summed E-state index contributed by atoms with van der Waals surface area (Å²) in [5, 5.41) is 27.7. The molecule has 0 saturated carbocycles. The molecule has 0 aromatic heterocycles. The third-order valence-corrected chi connectivity index (χ3v) is 3.06. The van der Waals surface area contributed by atoms with Gasteiger partial charge < -0.3 is 20.1 Å². The summed E-state index contributed by atoms with van der Waals surface area (Å²) in [5.41, 5.74) is 0.0866. The van der Waals surface area contributed by atoms with E-state index in [1.165, 1.54) is 6.08 Å². The zero-order chi connectivity index (χ0) is 13.8. The van der Waals surface area contributed by atoms with E-state index in [0.29, 0.717) is 19.3 Å². The van der Waals surface area contributed by atoms with E-state index in [1.807, 2.05) is 6.08 Å². The summed E-state index contributed by atoms with van der Waals surface area (Å²) in [6.07, 6.45) is 6.95. The van der Waals surface area contributed by atoms with E-state index in [4.69, 9.17) is 9.84 Å². The lowest BCUT2D eigenvalue weighted by Crippen LogP contribution is -2.23. The molecule has 0 aromatic carbocycles. The third-order valence-electron chi connectivity index (χ3n) is 3.06. The van der Waals surface area contributed by atoms with E-state index in [-0.39, 0.29) is 35.2 Å². The fourth-order valence-corrected chi connectivity index (χ4v) is 2.00. The lowest BCUT2D eigenvalue weighted by Gasteiger charge is -2.21. The number of carbonyl (C=O) groups excluding carboxylic acids is 1. The average Bonchev–Trinajstić information content (AvgIpc) is 2.37. The molecule has 3 N–H and O–H groups in total. The normalized spacial score (nSPS) is 29.1. The third kappa shape index (κ3) is 3.26. The Kier molecular flexibility index (Phi) is 4.06. The smallest absolute Gasteiger partial charge is 0.172 e. The molecule has 0 radical (unpaired) electrons. The summed E-state index contributed by atoms with van der Waals surface area (Å²) in [5.74, 6) is 0.184. The Morgan fingerprint density at radius 1 is 1.47 bits per heavy atom. The number of ether oxygens (including phenoxy) is 1. The maximum absolute atomic E-state index is 11.6. The van der Waals surface area contributed by atoms with Crippen molar-refractivity contribution in [3.05, 3.63) is 47.7 Å². The lowest BCUT2D eigenvalue weighted by molar-refractivity contribution is -0.117. The number of hydrogen-bond acceptors (Lipinski definition) is 5. The Morgan fingerprint density at radius 3 is 2.89 bits per heavy atom. The van der Waals surface area contributed by atoms with Crippen molar-refractivity contribution in [3.8, 4) is 0 Å². The van der Waals surface area contributed by atoms with Crippen molar-refractivity contribution in [1.29, 1.82) is 0 Å². The molecule has 2 aliphatic carbocycles. The Morgan fingerprint density at radius 2 is 2.26 bits per heavy atom. The van der Waals surface area contributed by atoms with Crippen molar-refractivity contribution in [2.75, 3.05) is 6.61 Å². The van der Waals surface area contributed by atoms with E-state index in [1.54, 1.807) is 12.2 Å². The van der Waals surface area contributed by atoms with Crippen molar-refractivity contribution in [2.24, 2.45) is 5.92 Å². The SMILES string of the molecule is O=C1CC(O)C=C(OCC2C=CC(O)=CC2)C1=CO. The molecule has 2 aliphatic rings. The maximum atomic E-state index is 11.6. The van der Waals surface area contributed by atoms with E-state index in [2.05, 4.69) is 0 Å². The highest BCUT2D eigenvalue weighted by atomic mass is 16.5. The molecule has 0 saturated heterocycles. The summed E-state index contributed by atoms with van der Waals surface area (Å²) < 4.78 is 5.49. The molecule has 102 valence electrons. The topological polar surface area (TPSA) is 87.0 Å². The van der Waals surface area contributed by atoms with Gasteiger partial charge in [-0.25, -0.2) is 0 Å². The molecule has 2 unspecified atom stereocenters. The van der Waals surface area contributed by atoms with Gasteiger partial charge in [-0.3, -0.25) is 4.79 Å². The molecule has 0 amide bonds. The molecule has 19 heavy (non-hydrogen) atoms. The van der Waals surface area contributed by atoms with Crippen molar-refractivity contribution in [1.82, 2.24) is 0 Å². The molecular weight excluding hydrogens is 248 g/mol. The predicted molar refractivity (Wildman–Crippen MR) is 68.3 cm³/mol. The number of allylic oxidation sites excluding steroid dienone is 3. The van der Waals surface area contributed by atoms with Crippen molar-refractivity contribution in [3.63, 3.8) is 0 Å². The number of aliphatic hydroxyl groups is 3.